The first-order chi connectivity index (χ1) is 5.79. The highest BCUT2D eigenvalue weighted by molar-refractivity contribution is 8.13. The quantitative estimate of drug-likeness (QED) is 0.706. The van der Waals surface area contributed by atoms with Gasteiger partial charge in [0.15, 0.2) is 5.12 Å². The van der Waals surface area contributed by atoms with Gasteiger partial charge in [-0.1, -0.05) is 11.8 Å². The molecule has 0 aliphatic carbocycles. The van der Waals surface area contributed by atoms with E-state index in [0.717, 1.165) is 17.9 Å². The number of hydrogen-bond acceptors (Lipinski definition) is 4. The summed E-state index contributed by atoms with van der Waals surface area (Å²) < 4.78 is 0. The summed E-state index contributed by atoms with van der Waals surface area (Å²) in [6, 6.07) is 0. The smallest absolute Gasteiger partial charge is 0.185 e. The highest BCUT2D eigenvalue weighted by Gasteiger charge is 1.96. The number of hydrogen-bond donors (Lipinski definition) is 0. The predicted octanol–water partition coefficient (Wildman–Crippen LogP) is 1.30. The molecule has 0 spiro atoms. The third kappa shape index (κ3) is 3.48. The van der Waals surface area contributed by atoms with Gasteiger partial charge >= 0.3 is 0 Å². The molecule has 64 valence electrons. The molecule has 0 fully saturated rings. The third-order valence-electron chi connectivity index (χ3n) is 1.28. The van der Waals surface area contributed by atoms with Crippen LogP contribution in [0.3, 0.4) is 0 Å². The van der Waals surface area contributed by atoms with Crippen LogP contribution >= 0.6 is 11.8 Å². The fourth-order valence-corrected chi connectivity index (χ4v) is 1.36. The van der Waals surface area contributed by atoms with Crippen LogP contribution in [0, 0.1) is 0 Å². The molecule has 1 aromatic rings. The average molecular weight is 182 g/mol. The number of aryl methyl sites for hydroxylation is 1. The second-order valence-corrected chi connectivity index (χ2v) is 3.56. The standard InChI is InChI=1S/C8H10N2OS/c1-7(11)12-5-2-8-6-9-3-4-10-8/h3-4,6H,2,5H2,1H3. The number of rotatable bonds is 3. The monoisotopic (exact) mass is 182 g/mol. The molecule has 0 saturated heterocycles. The van der Waals surface area contributed by atoms with E-state index in [2.05, 4.69) is 9.97 Å². The SMILES string of the molecule is CC(=O)SCCc1cnccn1. The maximum absolute atomic E-state index is 10.6. The fourth-order valence-electron chi connectivity index (χ4n) is 0.758. The topological polar surface area (TPSA) is 42.9 Å². The maximum Gasteiger partial charge on any atom is 0.185 e. The van der Waals surface area contributed by atoms with Crippen molar-refractivity contribution in [2.45, 2.75) is 13.3 Å². The molecule has 12 heavy (non-hydrogen) atoms. The Morgan fingerprint density at radius 2 is 2.42 bits per heavy atom. The van der Waals surface area contributed by atoms with Crippen LogP contribution in [0.25, 0.3) is 0 Å². The van der Waals surface area contributed by atoms with E-state index in [1.165, 1.54) is 11.8 Å². The highest BCUT2D eigenvalue weighted by atomic mass is 32.2. The second-order valence-electron chi connectivity index (χ2n) is 2.29. The molecule has 3 nitrogen and oxygen atoms in total. The molecule has 0 radical (unpaired) electrons. The van der Waals surface area contributed by atoms with Gasteiger partial charge < -0.3 is 0 Å². The van der Waals surface area contributed by atoms with Gasteiger partial charge in [0.25, 0.3) is 0 Å². The molecule has 1 rings (SSSR count). The molecular formula is C8H10N2OS. The number of carbonyl (C=O) groups is 1. The zero-order chi connectivity index (χ0) is 8.81. The van der Waals surface area contributed by atoms with Crippen LogP contribution in [0.4, 0.5) is 0 Å². The lowest BCUT2D eigenvalue weighted by molar-refractivity contribution is -0.109. The van der Waals surface area contributed by atoms with Crippen LogP contribution in [-0.2, 0) is 11.2 Å². The van der Waals surface area contributed by atoms with Gasteiger partial charge in [-0.25, -0.2) is 0 Å². The van der Waals surface area contributed by atoms with E-state index in [9.17, 15) is 4.79 Å². The van der Waals surface area contributed by atoms with E-state index in [1.807, 2.05) is 0 Å². The van der Waals surface area contributed by atoms with Crippen molar-refractivity contribution in [3.63, 3.8) is 0 Å². The van der Waals surface area contributed by atoms with Crippen LogP contribution < -0.4 is 0 Å². The molecule has 0 saturated carbocycles. The minimum Gasteiger partial charge on any atom is -0.288 e. The summed E-state index contributed by atoms with van der Waals surface area (Å²) in [6.45, 7) is 1.57. The zero-order valence-corrected chi connectivity index (χ0v) is 7.67. The second kappa shape index (κ2) is 4.87. The van der Waals surface area contributed by atoms with E-state index in [1.54, 1.807) is 25.5 Å². The number of thioether (sulfide) groups is 1. The molecule has 0 amide bonds. The van der Waals surface area contributed by atoms with Crippen molar-refractivity contribution in [3.8, 4) is 0 Å². The predicted molar refractivity (Wildman–Crippen MR) is 48.9 cm³/mol. The molecule has 4 heteroatoms. The number of nitrogens with zero attached hydrogens (tertiary/aromatic N) is 2. The van der Waals surface area contributed by atoms with Crippen molar-refractivity contribution < 1.29 is 4.79 Å². The lowest BCUT2D eigenvalue weighted by atomic mass is 10.4. The summed E-state index contributed by atoms with van der Waals surface area (Å²) >= 11 is 1.32. The lowest BCUT2D eigenvalue weighted by Gasteiger charge is -1.96. The van der Waals surface area contributed by atoms with E-state index >= 15 is 0 Å². The van der Waals surface area contributed by atoms with Crippen LogP contribution in [0.15, 0.2) is 18.6 Å². The van der Waals surface area contributed by atoms with Gasteiger partial charge in [0, 0.05) is 37.7 Å². The van der Waals surface area contributed by atoms with Gasteiger partial charge in [0.2, 0.25) is 0 Å². The van der Waals surface area contributed by atoms with Gasteiger partial charge in [-0.15, -0.1) is 0 Å². The average Bonchev–Trinajstić information content (AvgIpc) is 2.05. The van der Waals surface area contributed by atoms with E-state index in [0.29, 0.717) is 0 Å². The molecule has 1 aromatic heterocycles. The van der Waals surface area contributed by atoms with Crippen LogP contribution in [-0.4, -0.2) is 20.8 Å². The van der Waals surface area contributed by atoms with Gasteiger partial charge in [-0.3, -0.25) is 14.8 Å². The minimum absolute atomic E-state index is 0.152. The lowest BCUT2D eigenvalue weighted by Crippen LogP contribution is -1.94. The molecule has 0 aliphatic heterocycles. The van der Waals surface area contributed by atoms with E-state index < -0.39 is 0 Å². The summed E-state index contributed by atoms with van der Waals surface area (Å²) in [5.41, 5.74) is 0.936. The molecule has 0 aliphatic rings. The van der Waals surface area contributed by atoms with Gasteiger partial charge in [0.1, 0.15) is 0 Å². The molecule has 0 atom stereocenters. The summed E-state index contributed by atoms with van der Waals surface area (Å²) in [4.78, 5) is 18.6. The van der Waals surface area contributed by atoms with Crippen molar-refractivity contribution in [2.24, 2.45) is 0 Å². The van der Waals surface area contributed by atoms with E-state index in [4.69, 9.17) is 0 Å². The number of aromatic nitrogens is 2. The molecule has 0 unspecified atom stereocenters. The van der Waals surface area contributed by atoms with Crippen molar-refractivity contribution in [2.75, 3.05) is 5.75 Å². The molecule has 0 aromatic carbocycles. The van der Waals surface area contributed by atoms with Crippen molar-refractivity contribution in [1.29, 1.82) is 0 Å². The van der Waals surface area contributed by atoms with Gasteiger partial charge in [0.05, 0.1) is 5.69 Å². The van der Waals surface area contributed by atoms with Crippen molar-refractivity contribution in [3.05, 3.63) is 24.3 Å². The van der Waals surface area contributed by atoms with Crippen LogP contribution in [0.2, 0.25) is 0 Å². The molecule has 1 heterocycles. The normalized spacial score (nSPS) is 9.75. The molecular weight excluding hydrogens is 172 g/mol. The van der Waals surface area contributed by atoms with Crippen molar-refractivity contribution >= 4 is 16.9 Å². The van der Waals surface area contributed by atoms with Crippen LogP contribution in [0.5, 0.6) is 0 Å². The first kappa shape index (κ1) is 9.19. The van der Waals surface area contributed by atoms with Crippen molar-refractivity contribution in [1.82, 2.24) is 9.97 Å². The summed E-state index contributed by atoms with van der Waals surface area (Å²) in [6.07, 6.45) is 5.83. The highest BCUT2D eigenvalue weighted by Crippen LogP contribution is 2.04. The van der Waals surface area contributed by atoms with Crippen LogP contribution in [0.1, 0.15) is 12.6 Å². The zero-order valence-electron chi connectivity index (χ0n) is 6.86. The Hall–Kier alpha value is -0.900. The minimum atomic E-state index is 0.152. The van der Waals surface area contributed by atoms with E-state index in [-0.39, 0.29) is 5.12 Å². The Kier molecular flexibility index (Phi) is 3.73. The summed E-state index contributed by atoms with van der Waals surface area (Å²) in [5, 5.41) is 0.152. The Bertz CT molecular complexity index is 250. The number of carbonyl (C=O) groups excluding carboxylic acids is 1. The Morgan fingerprint density at radius 1 is 1.58 bits per heavy atom. The maximum atomic E-state index is 10.6. The largest absolute Gasteiger partial charge is 0.288 e. The van der Waals surface area contributed by atoms with Gasteiger partial charge in [-0.05, 0) is 0 Å². The summed E-state index contributed by atoms with van der Waals surface area (Å²) in [7, 11) is 0. The van der Waals surface area contributed by atoms with Gasteiger partial charge in [-0.2, -0.15) is 0 Å². The summed E-state index contributed by atoms with van der Waals surface area (Å²) in [5.74, 6) is 0.786. The Labute approximate surface area is 75.6 Å². The first-order valence-corrected chi connectivity index (χ1v) is 4.66. The first-order valence-electron chi connectivity index (χ1n) is 3.67. The molecule has 0 bridgehead atoms. The Balaban J connectivity index is 2.29. The Morgan fingerprint density at radius 3 is 3.00 bits per heavy atom. The third-order valence-corrected chi connectivity index (χ3v) is 2.09. The fraction of sp³-hybridized carbons (Fsp3) is 0.375. The molecule has 0 N–H and O–H groups in total.